The number of β-amino-alcohol motifs (C(OH)–C–C–N with tert-alkyl or cyclic N) is 1. The van der Waals surface area contributed by atoms with Gasteiger partial charge in [-0.2, -0.15) is 0 Å². The lowest BCUT2D eigenvalue weighted by Crippen LogP contribution is -2.40. The summed E-state index contributed by atoms with van der Waals surface area (Å²) in [6, 6.07) is 9.75. The van der Waals surface area contributed by atoms with Crippen molar-refractivity contribution in [3.8, 4) is 0 Å². The molecule has 0 saturated carbocycles. The highest BCUT2D eigenvalue weighted by molar-refractivity contribution is 6.02. The fourth-order valence-corrected chi connectivity index (χ4v) is 1.99. The summed E-state index contributed by atoms with van der Waals surface area (Å²) < 4.78 is 0. The number of rotatable bonds is 4. The van der Waals surface area contributed by atoms with Crippen LogP contribution in [-0.4, -0.2) is 36.1 Å². The zero-order valence-electron chi connectivity index (χ0n) is 9.93. The highest BCUT2D eigenvalue weighted by Crippen LogP contribution is 2.10. The first-order chi connectivity index (χ1) is 8.68. The lowest BCUT2D eigenvalue weighted by atomic mass is 10.0. The van der Waals surface area contributed by atoms with E-state index in [4.69, 9.17) is 0 Å². The Hall–Kier alpha value is -1.88. The lowest BCUT2D eigenvalue weighted by Gasteiger charge is -2.11. The molecule has 2 amide bonds. The summed E-state index contributed by atoms with van der Waals surface area (Å²) in [7, 11) is 0. The highest BCUT2D eigenvalue weighted by atomic mass is 16.3. The lowest BCUT2D eigenvalue weighted by molar-refractivity contribution is -0.135. The SMILES string of the molecule is O=C(NCCc1ccccc1)C1C(=O)NCC1O. The Labute approximate surface area is 105 Å². The molecular formula is C13H16N2O3. The summed E-state index contributed by atoms with van der Waals surface area (Å²) in [6.07, 6.45) is -0.217. The molecule has 1 aliphatic heterocycles. The number of nitrogens with one attached hydrogen (secondary N) is 2. The van der Waals surface area contributed by atoms with E-state index in [0.717, 1.165) is 5.56 Å². The number of aliphatic hydroxyl groups is 1. The van der Waals surface area contributed by atoms with E-state index in [1.807, 2.05) is 30.3 Å². The van der Waals surface area contributed by atoms with Crippen molar-refractivity contribution in [1.82, 2.24) is 10.6 Å². The van der Waals surface area contributed by atoms with E-state index < -0.39 is 23.8 Å². The number of amides is 2. The number of carbonyl (C=O) groups excluding carboxylic acids is 2. The number of carbonyl (C=O) groups is 2. The van der Waals surface area contributed by atoms with Gasteiger partial charge < -0.3 is 15.7 Å². The van der Waals surface area contributed by atoms with Crippen molar-refractivity contribution in [3.05, 3.63) is 35.9 Å². The molecule has 5 heteroatoms. The first-order valence-corrected chi connectivity index (χ1v) is 5.96. The third-order valence-corrected chi connectivity index (χ3v) is 2.99. The van der Waals surface area contributed by atoms with Crippen molar-refractivity contribution in [3.63, 3.8) is 0 Å². The average Bonchev–Trinajstić information content (AvgIpc) is 2.70. The summed E-state index contributed by atoms with van der Waals surface area (Å²) in [4.78, 5) is 23.1. The molecule has 1 aromatic rings. The molecule has 0 aliphatic carbocycles. The minimum atomic E-state index is -0.972. The number of benzene rings is 1. The van der Waals surface area contributed by atoms with Gasteiger partial charge in [0.25, 0.3) is 0 Å². The molecule has 0 spiro atoms. The van der Waals surface area contributed by atoms with Crippen molar-refractivity contribution in [2.45, 2.75) is 12.5 Å². The Morgan fingerprint density at radius 3 is 2.72 bits per heavy atom. The van der Waals surface area contributed by atoms with E-state index in [9.17, 15) is 14.7 Å². The molecule has 0 radical (unpaired) electrons. The van der Waals surface area contributed by atoms with Gasteiger partial charge in [-0.05, 0) is 12.0 Å². The third kappa shape index (κ3) is 2.87. The maximum Gasteiger partial charge on any atom is 0.235 e. The van der Waals surface area contributed by atoms with E-state index in [0.29, 0.717) is 13.0 Å². The topological polar surface area (TPSA) is 78.4 Å². The van der Waals surface area contributed by atoms with E-state index >= 15 is 0 Å². The molecular weight excluding hydrogens is 232 g/mol. The Kier molecular flexibility index (Phi) is 3.94. The predicted molar refractivity (Wildman–Crippen MR) is 65.7 cm³/mol. The summed E-state index contributed by atoms with van der Waals surface area (Å²) in [6.45, 7) is 0.606. The van der Waals surface area contributed by atoms with Crippen molar-refractivity contribution in [2.75, 3.05) is 13.1 Å². The van der Waals surface area contributed by atoms with Crippen LogP contribution in [-0.2, 0) is 16.0 Å². The van der Waals surface area contributed by atoms with Gasteiger partial charge in [-0.25, -0.2) is 0 Å². The zero-order chi connectivity index (χ0) is 13.0. The largest absolute Gasteiger partial charge is 0.390 e. The van der Waals surface area contributed by atoms with Gasteiger partial charge in [-0.1, -0.05) is 30.3 Å². The van der Waals surface area contributed by atoms with Crippen LogP contribution in [0.2, 0.25) is 0 Å². The van der Waals surface area contributed by atoms with Crippen LogP contribution in [0.1, 0.15) is 5.56 Å². The molecule has 0 aromatic heterocycles. The highest BCUT2D eigenvalue weighted by Gasteiger charge is 2.38. The Morgan fingerprint density at radius 2 is 2.11 bits per heavy atom. The van der Waals surface area contributed by atoms with Gasteiger partial charge in [0.1, 0.15) is 5.92 Å². The molecule has 2 rings (SSSR count). The smallest absolute Gasteiger partial charge is 0.235 e. The van der Waals surface area contributed by atoms with Gasteiger partial charge in [0.05, 0.1) is 6.10 Å². The molecule has 1 aliphatic rings. The monoisotopic (exact) mass is 248 g/mol. The van der Waals surface area contributed by atoms with Crippen LogP contribution in [0, 0.1) is 5.92 Å². The summed E-state index contributed by atoms with van der Waals surface area (Å²) in [5.74, 6) is -1.78. The molecule has 3 N–H and O–H groups in total. The van der Waals surface area contributed by atoms with Crippen molar-refractivity contribution in [2.24, 2.45) is 5.92 Å². The summed E-state index contributed by atoms with van der Waals surface area (Å²) >= 11 is 0. The molecule has 96 valence electrons. The van der Waals surface area contributed by atoms with E-state index in [1.54, 1.807) is 0 Å². The van der Waals surface area contributed by atoms with E-state index in [2.05, 4.69) is 10.6 Å². The van der Waals surface area contributed by atoms with Gasteiger partial charge in [0.15, 0.2) is 0 Å². The van der Waals surface area contributed by atoms with Crippen LogP contribution >= 0.6 is 0 Å². The number of aliphatic hydroxyl groups excluding tert-OH is 1. The predicted octanol–water partition coefficient (Wildman–Crippen LogP) is -0.548. The van der Waals surface area contributed by atoms with E-state index in [1.165, 1.54) is 0 Å². The zero-order valence-corrected chi connectivity index (χ0v) is 9.93. The Bertz CT molecular complexity index is 433. The second-order valence-corrected chi connectivity index (χ2v) is 4.32. The van der Waals surface area contributed by atoms with Crippen LogP contribution in [0.25, 0.3) is 0 Å². The van der Waals surface area contributed by atoms with Crippen molar-refractivity contribution >= 4 is 11.8 Å². The van der Waals surface area contributed by atoms with E-state index in [-0.39, 0.29) is 6.54 Å². The maximum atomic E-state index is 11.7. The molecule has 1 heterocycles. The van der Waals surface area contributed by atoms with Gasteiger partial charge in [-0.3, -0.25) is 9.59 Å². The maximum absolute atomic E-state index is 11.7. The van der Waals surface area contributed by atoms with Gasteiger partial charge in [0.2, 0.25) is 11.8 Å². The molecule has 5 nitrogen and oxygen atoms in total. The van der Waals surface area contributed by atoms with Crippen LogP contribution < -0.4 is 10.6 Å². The molecule has 0 bridgehead atoms. The van der Waals surface area contributed by atoms with Gasteiger partial charge >= 0.3 is 0 Å². The van der Waals surface area contributed by atoms with Gasteiger partial charge in [-0.15, -0.1) is 0 Å². The standard InChI is InChI=1S/C13H16N2O3/c16-10-8-15-13(18)11(10)12(17)14-7-6-9-4-2-1-3-5-9/h1-5,10-11,16H,6-8H2,(H,14,17)(H,15,18). The third-order valence-electron chi connectivity index (χ3n) is 2.99. The molecule has 1 fully saturated rings. The molecule has 18 heavy (non-hydrogen) atoms. The first kappa shape index (κ1) is 12.6. The Morgan fingerprint density at radius 1 is 1.39 bits per heavy atom. The molecule has 2 unspecified atom stereocenters. The van der Waals surface area contributed by atoms with Crippen LogP contribution in [0.4, 0.5) is 0 Å². The quantitative estimate of drug-likeness (QED) is 0.626. The van der Waals surface area contributed by atoms with Crippen LogP contribution in [0.15, 0.2) is 30.3 Å². The average molecular weight is 248 g/mol. The van der Waals surface area contributed by atoms with Crippen molar-refractivity contribution < 1.29 is 14.7 Å². The van der Waals surface area contributed by atoms with Crippen molar-refractivity contribution in [1.29, 1.82) is 0 Å². The van der Waals surface area contributed by atoms with Crippen LogP contribution in [0.5, 0.6) is 0 Å². The minimum Gasteiger partial charge on any atom is -0.390 e. The Balaban J connectivity index is 1.80. The fourth-order valence-electron chi connectivity index (χ4n) is 1.99. The fraction of sp³-hybridized carbons (Fsp3) is 0.385. The molecule has 2 atom stereocenters. The number of hydrogen-bond donors (Lipinski definition) is 3. The molecule has 1 saturated heterocycles. The summed E-state index contributed by atoms with van der Waals surface area (Å²) in [5, 5.41) is 14.6. The van der Waals surface area contributed by atoms with Crippen LogP contribution in [0.3, 0.4) is 0 Å². The summed E-state index contributed by atoms with van der Waals surface area (Å²) in [5.41, 5.74) is 1.12. The second-order valence-electron chi connectivity index (χ2n) is 4.32. The normalized spacial score (nSPS) is 22.6. The number of hydrogen-bond acceptors (Lipinski definition) is 3. The first-order valence-electron chi connectivity index (χ1n) is 5.96. The molecule has 1 aromatic carbocycles. The van der Waals surface area contributed by atoms with Gasteiger partial charge in [0, 0.05) is 13.1 Å². The minimum absolute atomic E-state index is 0.148. The second kappa shape index (κ2) is 5.64.